The van der Waals surface area contributed by atoms with Gasteiger partial charge in [-0.05, 0) is 50.3 Å². The highest BCUT2D eigenvalue weighted by Crippen LogP contribution is 2.30. The molecule has 0 radical (unpaired) electrons. The summed E-state index contributed by atoms with van der Waals surface area (Å²) in [5.41, 5.74) is 2.09. The average molecular weight is 260 g/mol. The van der Waals surface area contributed by atoms with Crippen LogP contribution in [0.3, 0.4) is 0 Å². The van der Waals surface area contributed by atoms with Crippen molar-refractivity contribution >= 4 is 17.1 Å². The van der Waals surface area contributed by atoms with Gasteiger partial charge in [0.25, 0.3) is 0 Å². The Bertz CT molecular complexity index is 559. The van der Waals surface area contributed by atoms with Crippen molar-refractivity contribution in [1.29, 1.82) is 0 Å². The van der Waals surface area contributed by atoms with E-state index in [0.29, 0.717) is 5.69 Å². The van der Waals surface area contributed by atoms with Gasteiger partial charge in [0.05, 0.1) is 4.88 Å². The zero-order valence-corrected chi connectivity index (χ0v) is 11.3. The van der Waals surface area contributed by atoms with E-state index in [9.17, 15) is 4.79 Å². The first-order chi connectivity index (χ1) is 8.79. The molecule has 2 aromatic heterocycles. The lowest BCUT2D eigenvalue weighted by atomic mass is 9.99. The Balaban J connectivity index is 1.95. The number of carbonyl (C=O) groups is 1. The Morgan fingerprint density at radius 1 is 1.44 bits per heavy atom. The molecule has 0 N–H and O–H groups in total. The summed E-state index contributed by atoms with van der Waals surface area (Å²) in [6, 6.07) is 3.90. The van der Waals surface area contributed by atoms with Gasteiger partial charge in [-0.15, -0.1) is 11.3 Å². The summed E-state index contributed by atoms with van der Waals surface area (Å²) in [6.45, 7) is 2.74. The highest BCUT2D eigenvalue weighted by molar-refractivity contribution is 7.14. The first kappa shape index (κ1) is 11.7. The molecule has 3 nitrogen and oxygen atoms in total. The van der Waals surface area contributed by atoms with E-state index in [1.165, 1.54) is 23.3 Å². The van der Waals surface area contributed by atoms with Crippen LogP contribution in [0.15, 0.2) is 18.3 Å². The largest absolute Gasteiger partial charge is 0.286 e. The van der Waals surface area contributed by atoms with Gasteiger partial charge in [0.15, 0.2) is 0 Å². The smallest absolute Gasteiger partial charge is 0.220 e. The van der Waals surface area contributed by atoms with Crippen LogP contribution in [-0.2, 0) is 19.4 Å². The quantitative estimate of drug-likeness (QED) is 0.795. The van der Waals surface area contributed by atoms with Crippen molar-refractivity contribution in [2.45, 2.75) is 39.2 Å². The normalized spacial score (nSPS) is 14.5. The summed E-state index contributed by atoms with van der Waals surface area (Å²) >= 11 is 1.67. The zero-order chi connectivity index (χ0) is 12.5. The summed E-state index contributed by atoms with van der Waals surface area (Å²) < 4.78 is 1.76. The van der Waals surface area contributed by atoms with Crippen molar-refractivity contribution in [3.63, 3.8) is 0 Å². The van der Waals surface area contributed by atoms with Crippen LogP contribution in [0.1, 0.15) is 45.6 Å². The second-order valence-electron chi connectivity index (χ2n) is 4.63. The molecule has 0 saturated heterocycles. The molecule has 0 unspecified atom stereocenters. The number of thiophene rings is 1. The fourth-order valence-corrected chi connectivity index (χ4v) is 3.71. The van der Waals surface area contributed by atoms with E-state index in [4.69, 9.17) is 0 Å². The minimum Gasteiger partial charge on any atom is -0.286 e. The van der Waals surface area contributed by atoms with E-state index in [2.05, 4.69) is 11.2 Å². The summed E-state index contributed by atoms with van der Waals surface area (Å²) in [5.74, 6) is 0.119. The predicted molar refractivity (Wildman–Crippen MR) is 72.3 cm³/mol. The number of fused-ring (bicyclic) bond motifs is 1. The average Bonchev–Trinajstić information content (AvgIpc) is 3.03. The Hall–Kier alpha value is -1.42. The molecular weight excluding hydrogens is 244 g/mol. The molecule has 0 aromatic carbocycles. The number of hydrogen-bond acceptors (Lipinski definition) is 3. The lowest BCUT2D eigenvalue weighted by Gasteiger charge is -2.08. The summed E-state index contributed by atoms with van der Waals surface area (Å²) in [5, 5.41) is 4.16. The topological polar surface area (TPSA) is 34.9 Å². The molecule has 1 aliphatic carbocycles. The van der Waals surface area contributed by atoms with E-state index >= 15 is 0 Å². The fraction of sp³-hybridized carbons (Fsp3) is 0.429. The van der Waals surface area contributed by atoms with E-state index in [1.54, 1.807) is 22.2 Å². The minimum atomic E-state index is 0.119. The number of aryl methyl sites for hydroxylation is 3. The van der Waals surface area contributed by atoms with Crippen molar-refractivity contribution in [2.75, 3.05) is 0 Å². The molecule has 18 heavy (non-hydrogen) atoms. The number of rotatable bonds is 3. The van der Waals surface area contributed by atoms with E-state index in [0.717, 1.165) is 24.3 Å². The first-order valence-corrected chi connectivity index (χ1v) is 7.29. The van der Waals surface area contributed by atoms with Gasteiger partial charge in [-0.2, -0.15) is 5.10 Å². The van der Waals surface area contributed by atoms with Crippen LogP contribution in [-0.4, -0.2) is 15.6 Å². The third-order valence-corrected chi connectivity index (χ3v) is 4.70. The molecular formula is C14H16N2OS. The summed E-state index contributed by atoms with van der Waals surface area (Å²) in [6.07, 6.45) is 6.48. The standard InChI is InChI=1S/C14H16N2OS/c1-2-16-11(7-8-15-16)14(17)13-9-10-5-3-4-6-12(10)18-13/h7-9H,2-6H2,1H3. The lowest BCUT2D eigenvalue weighted by Crippen LogP contribution is -2.09. The van der Waals surface area contributed by atoms with Gasteiger partial charge in [-0.25, -0.2) is 0 Å². The number of carbonyl (C=O) groups excluding carboxylic acids is 1. The number of aromatic nitrogens is 2. The van der Waals surface area contributed by atoms with Crippen LogP contribution >= 0.6 is 11.3 Å². The molecule has 4 heteroatoms. The molecule has 2 heterocycles. The van der Waals surface area contributed by atoms with E-state index in [-0.39, 0.29) is 5.78 Å². The first-order valence-electron chi connectivity index (χ1n) is 6.47. The lowest BCUT2D eigenvalue weighted by molar-refractivity contribution is 0.103. The molecule has 0 saturated carbocycles. The maximum atomic E-state index is 12.5. The predicted octanol–water partition coefficient (Wildman–Crippen LogP) is 3.07. The zero-order valence-electron chi connectivity index (χ0n) is 10.5. The van der Waals surface area contributed by atoms with Gasteiger partial charge in [0, 0.05) is 17.6 Å². The maximum absolute atomic E-state index is 12.5. The van der Waals surface area contributed by atoms with Gasteiger partial charge < -0.3 is 0 Å². The van der Waals surface area contributed by atoms with Crippen molar-refractivity contribution in [1.82, 2.24) is 9.78 Å². The SMILES string of the molecule is CCn1nccc1C(=O)c1cc2c(s1)CCCC2. The van der Waals surface area contributed by atoms with Gasteiger partial charge in [-0.1, -0.05) is 0 Å². The van der Waals surface area contributed by atoms with Crippen molar-refractivity contribution in [3.8, 4) is 0 Å². The van der Waals surface area contributed by atoms with Gasteiger partial charge in [-0.3, -0.25) is 9.48 Å². The maximum Gasteiger partial charge on any atom is 0.220 e. The van der Waals surface area contributed by atoms with E-state index < -0.39 is 0 Å². The van der Waals surface area contributed by atoms with Gasteiger partial charge in [0.1, 0.15) is 5.69 Å². The molecule has 3 rings (SSSR count). The Kier molecular flexibility index (Phi) is 3.04. The molecule has 0 amide bonds. The van der Waals surface area contributed by atoms with Crippen molar-refractivity contribution in [3.05, 3.63) is 39.3 Å². The monoisotopic (exact) mass is 260 g/mol. The highest BCUT2D eigenvalue weighted by atomic mass is 32.1. The molecule has 1 aliphatic rings. The third kappa shape index (κ3) is 1.90. The Morgan fingerprint density at radius 2 is 2.28 bits per heavy atom. The third-order valence-electron chi connectivity index (χ3n) is 3.47. The van der Waals surface area contributed by atoms with Crippen LogP contribution in [0.25, 0.3) is 0 Å². The molecule has 0 atom stereocenters. The van der Waals surface area contributed by atoms with Crippen LogP contribution in [0.4, 0.5) is 0 Å². The van der Waals surface area contributed by atoms with Gasteiger partial charge >= 0.3 is 0 Å². The molecule has 0 bridgehead atoms. The second kappa shape index (κ2) is 4.69. The van der Waals surface area contributed by atoms with Crippen LogP contribution in [0, 0.1) is 0 Å². The Morgan fingerprint density at radius 3 is 3.06 bits per heavy atom. The summed E-state index contributed by atoms with van der Waals surface area (Å²) in [7, 11) is 0. The van der Waals surface area contributed by atoms with Crippen molar-refractivity contribution < 1.29 is 4.79 Å². The highest BCUT2D eigenvalue weighted by Gasteiger charge is 2.20. The molecule has 94 valence electrons. The number of ketones is 1. The molecule has 0 spiro atoms. The number of nitrogens with zero attached hydrogens (tertiary/aromatic N) is 2. The van der Waals surface area contributed by atoms with Gasteiger partial charge in [0.2, 0.25) is 5.78 Å². The van der Waals surface area contributed by atoms with Crippen LogP contribution < -0.4 is 0 Å². The molecule has 0 aliphatic heterocycles. The molecule has 2 aromatic rings. The Labute approximate surface area is 110 Å². The second-order valence-corrected chi connectivity index (χ2v) is 5.76. The number of hydrogen-bond donors (Lipinski definition) is 0. The summed E-state index contributed by atoms with van der Waals surface area (Å²) in [4.78, 5) is 14.7. The van der Waals surface area contributed by atoms with E-state index in [1.807, 2.05) is 13.0 Å². The van der Waals surface area contributed by atoms with Crippen LogP contribution in [0.5, 0.6) is 0 Å². The minimum absolute atomic E-state index is 0.119. The van der Waals surface area contributed by atoms with Crippen molar-refractivity contribution in [2.24, 2.45) is 0 Å². The van der Waals surface area contributed by atoms with Crippen LogP contribution in [0.2, 0.25) is 0 Å². The molecule has 0 fully saturated rings. The fourth-order valence-electron chi connectivity index (χ4n) is 2.51.